The molecule has 0 saturated carbocycles. The average molecular weight is 71.9 g/mol. The largest absolute Gasteiger partial charge is 0.465 e. The normalized spacial score (nSPS) is 4.80. The molecule has 0 aromatic carbocycles. The third-order valence-electron chi connectivity index (χ3n) is 0. The Morgan fingerprint density at radius 3 is 1.80 bits per heavy atom. The van der Waals surface area contributed by atoms with E-state index in [-0.39, 0.29) is 8.41 Å². The maximum Gasteiger partial charge on any atom is 0.402 e. The first-order valence-corrected chi connectivity index (χ1v) is 0.716. The topological polar surface area (TPSA) is 63.3 Å². The highest BCUT2D eigenvalue weighted by molar-refractivity contribution is 5.75. The summed E-state index contributed by atoms with van der Waals surface area (Å²) >= 11 is 0. The molecule has 0 bridgehead atoms. The van der Waals surface area contributed by atoms with Crippen molar-refractivity contribution in [2.24, 2.45) is 5.73 Å². The predicted molar refractivity (Wildman–Crippen MR) is 18.0 cm³/mol. The average Bonchev–Trinajstić information content (AvgIpc) is 0.811. The van der Waals surface area contributed by atoms with Gasteiger partial charge in [0.2, 0.25) is 0 Å². The van der Waals surface area contributed by atoms with Gasteiger partial charge in [0.15, 0.2) is 0 Å². The van der Waals surface area contributed by atoms with E-state index in [1.807, 2.05) is 0 Å². The first kappa shape index (κ1) is 8.84. The zero-order valence-electron chi connectivity index (χ0n) is 2.51. The molecule has 4 heteroatoms. The van der Waals surface area contributed by atoms with Crippen molar-refractivity contribution in [3.8, 4) is 0 Å². The number of rotatable bonds is 0. The molecule has 0 aliphatic heterocycles. The molecule has 3 radical (unpaired) electrons. The van der Waals surface area contributed by atoms with Crippen LogP contribution in [0.3, 0.4) is 0 Å². The summed E-state index contributed by atoms with van der Waals surface area (Å²) in [7, 11) is 0. The lowest BCUT2D eigenvalue weighted by molar-refractivity contribution is 0.205. The number of hydrogen-bond acceptors (Lipinski definition) is 1. The van der Waals surface area contributed by atoms with E-state index in [2.05, 4.69) is 5.73 Å². The van der Waals surface area contributed by atoms with Crippen LogP contribution in [0.1, 0.15) is 0 Å². The standard InChI is InChI=1S/CH3NO2.B/c2-1(3)4;/h2H2,(H,3,4);. The quantitative estimate of drug-likeness (QED) is 0.369. The summed E-state index contributed by atoms with van der Waals surface area (Å²) in [5.74, 6) is 0. The van der Waals surface area contributed by atoms with E-state index < -0.39 is 6.09 Å². The zero-order chi connectivity index (χ0) is 3.58. The van der Waals surface area contributed by atoms with E-state index in [4.69, 9.17) is 9.90 Å². The number of hydrogen-bond donors (Lipinski definition) is 2. The number of primary amides is 1. The van der Waals surface area contributed by atoms with Crippen LogP contribution in [0.5, 0.6) is 0 Å². The summed E-state index contributed by atoms with van der Waals surface area (Å²) < 4.78 is 0. The van der Waals surface area contributed by atoms with Crippen LogP contribution in [0, 0.1) is 0 Å². The van der Waals surface area contributed by atoms with Crippen molar-refractivity contribution in [3.63, 3.8) is 0 Å². The summed E-state index contributed by atoms with van der Waals surface area (Å²) in [4.78, 5) is 8.78. The van der Waals surface area contributed by atoms with Crippen molar-refractivity contribution in [1.29, 1.82) is 0 Å². The molecule has 27 valence electrons. The van der Waals surface area contributed by atoms with Gasteiger partial charge in [-0.3, -0.25) is 0 Å². The Labute approximate surface area is 31.4 Å². The number of nitrogens with two attached hydrogens (primary N) is 1. The number of carboxylic acid groups (broad SMARTS) is 1. The number of amides is 1. The number of carbonyl (C=O) groups is 1. The minimum atomic E-state index is -1.33. The molecule has 0 aromatic heterocycles. The third kappa shape index (κ3) is 13.4. The van der Waals surface area contributed by atoms with Crippen LogP contribution in [0.4, 0.5) is 4.79 Å². The second-order valence-corrected chi connectivity index (χ2v) is 0.338. The van der Waals surface area contributed by atoms with E-state index in [0.717, 1.165) is 0 Å². The van der Waals surface area contributed by atoms with Crippen molar-refractivity contribution in [2.45, 2.75) is 0 Å². The molecule has 3 N–H and O–H groups in total. The Hall–Kier alpha value is -0.665. The van der Waals surface area contributed by atoms with Crippen LogP contribution in [-0.4, -0.2) is 19.6 Å². The van der Waals surface area contributed by atoms with E-state index in [1.54, 1.807) is 0 Å². The van der Waals surface area contributed by atoms with E-state index in [9.17, 15) is 0 Å². The lowest BCUT2D eigenvalue weighted by Crippen LogP contribution is -2.03. The molecule has 5 heavy (non-hydrogen) atoms. The van der Waals surface area contributed by atoms with Crippen LogP contribution in [0.2, 0.25) is 0 Å². The molecule has 0 spiro atoms. The van der Waals surface area contributed by atoms with Gasteiger partial charge in [-0.15, -0.1) is 0 Å². The fraction of sp³-hybridized carbons (Fsp3) is 0. The lowest BCUT2D eigenvalue weighted by atomic mass is 10.8. The van der Waals surface area contributed by atoms with E-state index in [0.29, 0.717) is 0 Å². The summed E-state index contributed by atoms with van der Waals surface area (Å²) in [6.07, 6.45) is -1.33. The molecule has 0 atom stereocenters. The molecule has 3 nitrogen and oxygen atoms in total. The first-order valence-electron chi connectivity index (χ1n) is 0.716. The monoisotopic (exact) mass is 72.0 g/mol. The van der Waals surface area contributed by atoms with Gasteiger partial charge in [-0.05, 0) is 0 Å². The van der Waals surface area contributed by atoms with E-state index >= 15 is 0 Å². The Kier molecular flexibility index (Phi) is 5.90. The highest BCUT2D eigenvalue weighted by atomic mass is 16.4. The third-order valence-corrected chi connectivity index (χ3v) is 0. The van der Waals surface area contributed by atoms with Gasteiger partial charge in [0.25, 0.3) is 0 Å². The van der Waals surface area contributed by atoms with Gasteiger partial charge < -0.3 is 10.8 Å². The Bertz CT molecular complexity index is 32.6. The van der Waals surface area contributed by atoms with Gasteiger partial charge in [0.1, 0.15) is 0 Å². The molecule has 0 fully saturated rings. The lowest BCUT2D eigenvalue weighted by Gasteiger charge is -1.61. The fourth-order valence-electron chi connectivity index (χ4n) is 0. The van der Waals surface area contributed by atoms with Gasteiger partial charge in [0.05, 0.1) is 0 Å². The van der Waals surface area contributed by atoms with Crippen LogP contribution in [-0.2, 0) is 0 Å². The molecule has 0 saturated heterocycles. The SMILES string of the molecule is NC(=O)O.[B]. The molecule has 0 aromatic rings. The van der Waals surface area contributed by atoms with Crippen molar-refractivity contribution in [1.82, 2.24) is 0 Å². The zero-order valence-corrected chi connectivity index (χ0v) is 2.51. The molecule has 0 aliphatic rings. The Morgan fingerprint density at radius 2 is 1.80 bits per heavy atom. The predicted octanol–water partition coefficient (Wildman–Crippen LogP) is -0.758. The highest BCUT2D eigenvalue weighted by Crippen LogP contribution is 1.34. The molecular weight excluding hydrogens is 68.8 g/mol. The smallest absolute Gasteiger partial charge is 0.402 e. The second-order valence-electron chi connectivity index (χ2n) is 0.338. The maximum absolute atomic E-state index is 8.78. The molecule has 0 heterocycles. The molecule has 0 rings (SSSR count). The van der Waals surface area contributed by atoms with Gasteiger partial charge in [-0.25, -0.2) is 4.79 Å². The van der Waals surface area contributed by atoms with Crippen LogP contribution in [0.25, 0.3) is 0 Å². The highest BCUT2D eigenvalue weighted by Gasteiger charge is 1.65. The van der Waals surface area contributed by atoms with Crippen molar-refractivity contribution in [3.05, 3.63) is 0 Å². The van der Waals surface area contributed by atoms with Crippen molar-refractivity contribution < 1.29 is 9.90 Å². The minimum Gasteiger partial charge on any atom is -0.465 e. The van der Waals surface area contributed by atoms with Crippen LogP contribution < -0.4 is 5.73 Å². The van der Waals surface area contributed by atoms with Gasteiger partial charge >= 0.3 is 6.09 Å². The minimum absolute atomic E-state index is 0. The maximum atomic E-state index is 8.78. The molecule has 1 amide bonds. The summed E-state index contributed by atoms with van der Waals surface area (Å²) in [5.41, 5.74) is 4.03. The fourth-order valence-corrected chi connectivity index (χ4v) is 0. The molecule has 0 aliphatic carbocycles. The van der Waals surface area contributed by atoms with Crippen molar-refractivity contribution >= 4 is 14.5 Å². The Morgan fingerprint density at radius 1 is 1.80 bits per heavy atom. The Balaban J connectivity index is 0. The summed E-state index contributed by atoms with van der Waals surface area (Å²) in [5, 5.41) is 7.19. The van der Waals surface area contributed by atoms with Gasteiger partial charge in [-0.2, -0.15) is 0 Å². The molecule has 0 unspecified atom stereocenters. The van der Waals surface area contributed by atoms with Crippen molar-refractivity contribution in [2.75, 3.05) is 0 Å². The van der Waals surface area contributed by atoms with Gasteiger partial charge in [0, 0.05) is 8.41 Å². The second kappa shape index (κ2) is 3.33. The van der Waals surface area contributed by atoms with Gasteiger partial charge in [-0.1, -0.05) is 0 Å². The summed E-state index contributed by atoms with van der Waals surface area (Å²) in [6, 6.07) is 0. The van der Waals surface area contributed by atoms with Crippen LogP contribution in [0.15, 0.2) is 0 Å². The molecular formula is CH3BNO2. The van der Waals surface area contributed by atoms with E-state index in [1.165, 1.54) is 0 Å². The first-order chi connectivity index (χ1) is 1.73. The summed E-state index contributed by atoms with van der Waals surface area (Å²) in [6.45, 7) is 0. The van der Waals surface area contributed by atoms with Crippen LogP contribution >= 0.6 is 0 Å².